The molecule has 0 bridgehead atoms. The number of nitrogens with one attached hydrogen (secondary N) is 1. The molecule has 28 heavy (non-hydrogen) atoms. The van der Waals surface area contributed by atoms with E-state index in [4.69, 9.17) is 9.47 Å². The summed E-state index contributed by atoms with van der Waals surface area (Å²) in [6, 6.07) is 0.249. The number of nitrogens with zero attached hydrogens (tertiary/aromatic N) is 3. The number of piperidine rings is 1. The van der Waals surface area contributed by atoms with Gasteiger partial charge in [-0.2, -0.15) is 0 Å². The average Bonchev–Trinajstić information content (AvgIpc) is 3.42. The van der Waals surface area contributed by atoms with Crippen LogP contribution in [-0.2, 0) is 9.47 Å². The zero-order chi connectivity index (χ0) is 19.9. The first-order valence-electron chi connectivity index (χ1n) is 10.4. The molecule has 0 atom stereocenters. The predicted octanol–water partition coefficient (Wildman–Crippen LogP) is 3.33. The molecule has 0 aromatic heterocycles. The van der Waals surface area contributed by atoms with Crippen LogP contribution in [0.2, 0.25) is 0 Å². The Labute approximate surface area is 187 Å². The Morgan fingerprint density at radius 3 is 2.36 bits per heavy atom. The van der Waals surface area contributed by atoms with Crippen molar-refractivity contribution in [2.45, 2.75) is 65.0 Å². The summed E-state index contributed by atoms with van der Waals surface area (Å²) in [5, 5.41) is 3.37. The van der Waals surface area contributed by atoms with E-state index in [0.717, 1.165) is 45.0 Å². The number of methoxy groups -OCH3 is 1. The Hall–Kier alpha value is -0.770. The largest absolute Gasteiger partial charge is 0.444 e. The topological polar surface area (TPSA) is 66.4 Å². The molecule has 1 aliphatic heterocycles. The number of carbonyl (C=O) groups excluding carboxylic acids is 1. The summed E-state index contributed by atoms with van der Waals surface area (Å²) in [4.78, 5) is 21.7. The lowest BCUT2D eigenvalue weighted by atomic mass is 10.0. The van der Waals surface area contributed by atoms with Crippen LogP contribution in [0.15, 0.2) is 4.99 Å². The molecule has 7 nitrogen and oxygen atoms in total. The van der Waals surface area contributed by atoms with Crippen molar-refractivity contribution in [3.05, 3.63) is 0 Å². The van der Waals surface area contributed by atoms with Crippen LogP contribution in [0.1, 0.15) is 53.4 Å². The summed E-state index contributed by atoms with van der Waals surface area (Å²) >= 11 is 0. The first kappa shape index (κ1) is 25.3. The molecule has 2 fully saturated rings. The standard InChI is InChI=1S/C20H38N4O3.HI/c1-6-21-18(22-11-14-26-5)23-12-9-17(10-13-23)24(15-16-7-8-16)19(25)27-20(2,3)4;/h16-17H,6-15H2,1-5H3,(H,21,22);1H. The number of aliphatic imine (C=N–C) groups is 1. The molecule has 1 amide bonds. The van der Waals surface area contributed by atoms with Crippen molar-refractivity contribution in [3.8, 4) is 0 Å². The summed E-state index contributed by atoms with van der Waals surface area (Å²) in [6.07, 6.45) is 4.19. The number of hydrogen-bond donors (Lipinski definition) is 1. The van der Waals surface area contributed by atoms with E-state index in [0.29, 0.717) is 19.1 Å². The maximum Gasteiger partial charge on any atom is 0.410 e. The third-order valence-corrected chi connectivity index (χ3v) is 4.88. The number of rotatable bonds is 7. The minimum atomic E-state index is -0.453. The maximum atomic E-state index is 12.8. The fourth-order valence-corrected chi connectivity index (χ4v) is 3.33. The SMILES string of the molecule is CCNC(=NCCOC)N1CCC(N(CC2CC2)C(=O)OC(C)(C)C)CC1.I. The molecule has 164 valence electrons. The fourth-order valence-electron chi connectivity index (χ4n) is 3.33. The van der Waals surface area contributed by atoms with Crippen LogP contribution in [0.4, 0.5) is 4.79 Å². The minimum absolute atomic E-state index is 0. The highest BCUT2D eigenvalue weighted by Gasteiger charge is 2.35. The van der Waals surface area contributed by atoms with E-state index in [-0.39, 0.29) is 36.1 Å². The van der Waals surface area contributed by atoms with Crippen LogP contribution in [-0.4, -0.2) is 79.9 Å². The van der Waals surface area contributed by atoms with Crippen molar-refractivity contribution >= 4 is 36.0 Å². The van der Waals surface area contributed by atoms with Crippen molar-refractivity contribution in [3.63, 3.8) is 0 Å². The first-order chi connectivity index (χ1) is 12.8. The van der Waals surface area contributed by atoms with Gasteiger partial charge in [-0.25, -0.2) is 4.79 Å². The summed E-state index contributed by atoms with van der Waals surface area (Å²) in [7, 11) is 1.69. The van der Waals surface area contributed by atoms with E-state index in [1.165, 1.54) is 12.8 Å². The second-order valence-corrected chi connectivity index (χ2v) is 8.52. The molecule has 0 aromatic carbocycles. The number of hydrogen-bond acceptors (Lipinski definition) is 4. The van der Waals surface area contributed by atoms with Crippen LogP contribution in [0, 0.1) is 5.92 Å². The van der Waals surface area contributed by atoms with Crippen LogP contribution >= 0.6 is 24.0 Å². The molecule has 1 saturated carbocycles. The number of amides is 1. The smallest absolute Gasteiger partial charge is 0.410 e. The molecular weight excluding hydrogens is 471 g/mol. The summed E-state index contributed by atoms with van der Waals surface area (Å²) in [6.45, 7) is 12.6. The molecule has 0 aromatic rings. The molecule has 2 aliphatic rings. The third-order valence-electron chi connectivity index (χ3n) is 4.88. The highest BCUT2D eigenvalue weighted by molar-refractivity contribution is 14.0. The normalized spacial score (nSPS) is 18.5. The van der Waals surface area contributed by atoms with Gasteiger partial charge in [-0.05, 0) is 59.3 Å². The molecule has 1 heterocycles. The number of halogens is 1. The molecule has 8 heteroatoms. The predicted molar refractivity (Wildman–Crippen MR) is 124 cm³/mol. The van der Waals surface area contributed by atoms with Crippen LogP contribution in [0.25, 0.3) is 0 Å². The Balaban J connectivity index is 0.00000392. The quantitative estimate of drug-likeness (QED) is 0.247. The molecular formula is C20H39IN4O3. The minimum Gasteiger partial charge on any atom is -0.444 e. The third kappa shape index (κ3) is 8.71. The summed E-state index contributed by atoms with van der Waals surface area (Å²) in [5.41, 5.74) is -0.453. The van der Waals surface area contributed by atoms with Gasteiger partial charge < -0.3 is 24.6 Å². The van der Waals surface area contributed by atoms with Gasteiger partial charge in [-0.15, -0.1) is 24.0 Å². The Kier molecular flexibility index (Phi) is 10.9. The van der Waals surface area contributed by atoms with Gasteiger partial charge in [-0.3, -0.25) is 4.99 Å². The molecule has 2 rings (SSSR count). The highest BCUT2D eigenvalue weighted by Crippen LogP contribution is 2.32. The van der Waals surface area contributed by atoms with Crippen molar-refractivity contribution in [2.75, 3.05) is 46.4 Å². The highest BCUT2D eigenvalue weighted by atomic mass is 127. The molecule has 1 aliphatic carbocycles. The lowest BCUT2D eigenvalue weighted by Crippen LogP contribution is -2.52. The number of guanidine groups is 1. The molecule has 0 unspecified atom stereocenters. The molecule has 0 radical (unpaired) electrons. The van der Waals surface area contributed by atoms with Gasteiger partial charge in [-0.1, -0.05) is 0 Å². The Morgan fingerprint density at radius 2 is 1.86 bits per heavy atom. The van der Waals surface area contributed by atoms with Crippen molar-refractivity contribution in [1.29, 1.82) is 0 Å². The van der Waals surface area contributed by atoms with E-state index in [1.807, 2.05) is 25.7 Å². The van der Waals surface area contributed by atoms with Crippen LogP contribution in [0.5, 0.6) is 0 Å². The van der Waals surface area contributed by atoms with Crippen LogP contribution in [0.3, 0.4) is 0 Å². The van der Waals surface area contributed by atoms with Gasteiger partial charge in [0.2, 0.25) is 0 Å². The van der Waals surface area contributed by atoms with E-state index < -0.39 is 5.60 Å². The zero-order valence-corrected chi connectivity index (χ0v) is 20.5. The Bertz CT molecular complexity index is 498. The average molecular weight is 510 g/mol. The van der Waals surface area contributed by atoms with Gasteiger partial charge >= 0.3 is 6.09 Å². The fraction of sp³-hybridized carbons (Fsp3) is 0.900. The molecule has 0 spiro atoms. The van der Waals surface area contributed by atoms with E-state index >= 15 is 0 Å². The number of ether oxygens (including phenoxy) is 2. The molecule has 1 saturated heterocycles. The Morgan fingerprint density at radius 1 is 1.21 bits per heavy atom. The van der Waals surface area contributed by atoms with E-state index in [2.05, 4.69) is 22.1 Å². The van der Waals surface area contributed by atoms with Gasteiger partial charge in [0.05, 0.1) is 13.2 Å². The van der Waals surface area contributed by atoms with Gasteiger partial charge in [0, 0.05) is 39.3 Å². The summed E-state index contributed by atoms with van der Waals surface area (Å²) in [5.74, 6) is 1.60. The first-order valence-corrected chi connectivity index (χ1v) is 10.4. The second-order valence-electron chi connectivity index (χ2n) is 8.52. The summed E-state index contributed by atoms with van der Waals surface area (Å²) < 4.78 is 10.8. The lowest BCUT2D eigenvalue weighted by molar-refractivity contribution is 0.00928. The van der Waals surface area contributed by atoms with Crippen LogP contribution < -0.4 is 5.32 Å². The van der Waals surface area contributed by atoms with Crippen molar-refractivity contribution in [1.82, 2.24) is 15.1 Å². The van der Waals surface area contributed by atoms with Crippen molar-refractivity contribution in [2.24, 2.45) is 10.9 Å². The van der Waals surface area contributed by atoms with Gasteiger partial charge in [0.25, 0.3) is 0 Å². The van der Waals surface area contributed by atoms with Gasteiger partial charge in [0.1, 0.15) is 5.60 Å². The van der Waals surface area contributed by atoms with Crippen molar-refractivity contribution < 1.29 is 14.3 Å². The maximum absolute atomic E-state index is 12.8. The van der Waals surface area contributed by atoms with E-state index in [1.54, 1.807) is 7.11 Å². The second kappa shape index (κ2) is 12.0. The van der Waals surface area contributed by atoms with Gasteiger partial charge in [0.15, 0.2) is 5.96 Å². The number of carbonyl (C=O) groups is 1. The number of likely N-dealkylation sites (tertiary alicyclic amines) is 1. The van der Waals surface area contributed by atoms with E-state index in [9.17, 15) is 4.79 Å². The monoisotopic (exact) mass is 510 g/mol. The zero-order valence-electron chi connectivity index (χ0n) is 18.2. The lowest BCUT2D eigenvalue weighted by Gasteiger charge is -2.40. The molecule has 1 N–H and O–H groups in total.